The highest BCUT2D eigenvalue weighted by Gasteiger charge is 2.40. The van der Waals surface area contributed by atoms with E-state index in [1.165, 1.54) is 38.5 Å². The van der Waals surface area contributed by atoms with E-state index in [9.17, 15) is 4.79 Å². The summed E-state index contributed by atoms with van der Waals surface area (Å²) in [5, 5.41) is 0. The minimum atomic E-state index is -0.341. The van der Waals surface area contributed by atoms with Gasteiger partial charge < -0.3 is 4.74 Å². The minimum absolute atomic E-state index is 0.0338. The first kappa shape index (κ1) is 14.9. The van der Waals surface area contributed by atoms with Gasteiger partial charge in [-0.15, -0.1) is 0 Å². The summed E-state index contributed by atoms with van der Waals surface area (Å²) >= 11 is 0. The molecule has 2 aliphatic carbocycles. The Bertz CT molecular complexity index is 309. The minimum Gasteiger partial charge on any atom is -0.460 e. The maximum atomic E-state index is 12.1. The average molecular weight is 266 g/mol. The molecule has 0 aliphatic heterocycles. The Kier molecular flexibility index (Phi) is 4.27. The molecule has 0 aromatic heterocycles. The van der Waals surface area contributed by atoms with Crippen LogP contribution >= 0.6 is 0 Å². The fourth-order valence-electron chi connectivity index (χ4n) is 3.73. The van der Waals surface area contributed by atoms with Gasteiger partial charge in [0.1, 0.15) is 5.60 Å². The van der Waals surface area contributed by atoms with E-state index in [2.05, 4.69) is 6.92 Å². The maximum absolute atomic E-state index is 12.1. The molecule has 2 saturated carbocycles. The zero-order chi connectivity index (χ0) is 14.1. The number of esters is 1. The predicted octanol–water partition coefficient (Wildman–Crippen LogP) is 4.71. The number of hydrogen-bond acceptors (Lipinski definition) is 2. The lowest BCUT2D eigenvalue weighted by molar-refractivity contribution is -0.162. The molecule has 2 fully saturated rings. The molecular weight excluding hydrogens is 236 g/mol. The summed E-state index contributed by atoms with van der Waals surface area (Å²) in [6.45, 7) is 8.24. The Balaban J connectivity index is 1.84. The van der Waals surface area contributed by atoms with Gasteiger partial charge in [0, 0.05) is 0 Å². The molecule has 0 aromatic rings. The highest BCUT2D eigenvalue weighted by molar-refractivity contribution is 5.73. The van der Waals surface area contributed by atoms with E-state index < -0.39 is 0 Å². The molecule has 2 aliphatic rings. The van der Waals surface area contributed by atoms with Gasteiger partial charge in [-0.2, -0.15) is 0 Å². The molecule has 0 amide bonds. The molecule has 0 N–H and O–H groups in total. The molecule has 0 atom stereocenters. The third kappa shape index (κ3) is 3.97. The van der Waals surface area contributed by atoms with Crippen molar-refractivity contribution in [1.29, 1.82) is 0 Å². The first-order valence-corrected chi connectivity index (χ1v) is 8.03. The van der Waals surface area contributed by atoms with Crippen molar-refractivity contribution in [2.24, 2.45) is 17.3 Å². The Labute approximate surface area is 118 Å². The van der Waals surface area contributed by atoms with Crippen LogP contribution < -0.4 is 0 Å². The van der Waals surface area contributed by atoms with E-state index in [0.29, 0.717) is 5.41 Å². The quantitative estimate of drug-likeness (QED) is 0.642. The van der Waals surface area contributed by atoms with Crippen molar-refractivity contribution in [2.75, 3.05) is 0 Å². The average Bonchev–Trinajstić information content (AvgIpc) is 2.32. The van der Waals surface area contributed by atoms with Crippen molar-refractivity contribution in [3.05, 3.63) is 0 Å². The first-order chi connectivity index (χ1) is 8.80. The summed E-state index contributed by atoms with van der Waals surface area (Å²) in [4.78, 5) is 12.1. The SMILES string of the molecule is CC1CCC2(CC1)CCC(C(=O)OC(C)(C)C)CC2. The van der Waals surface area contributed by atoms with Gasteiger partial charge in [-0.3, -0.25) is 4.79 Å². The van der Waals surface area contributed by atoms with E-state index in [0.717, 1.165) is 18.8 Å². The standard InChI is InChI=1S/C17H30O2/c1-13-5-9-17(10-6-13)11-7-14(8-12-17)15(18)19-16(2,3)4/h13-14H,5-12H2,1-4H3. The third-order valence-electron chi connectivity index (χ3n) is 5.12. The summed E-state index contributed by atoms with van der Waals surface area (Å²) < 4.78 is 5.53. The summed E-state index contributed by atoms with van der Waals surface area (Å²) in [7, 11) is 0. The fraction of sp³-hybridized carbons (Fsp3) is 0.941. The van der Waals surface area contributed by atoms with E-state index in [4.69, 9.17) is 4.74 Å². The predicted molar refractivity (Wildman–Crippen MR) is 77.9 cm³/mol. The Morgan fingerprint density at radius 3 is 1.95 bits per heavy atom. The molecule has 0 saturated heterocycles. The number of carbonyl (C=O) groups is 1. The van der Waals surface area contributed by atoms with Gasteiger partial charge in [0.25, 0.3) is 0 Å². The largest absolute Gasteiger partial charge is 0.460 e. The van der Waals surface area contributed by atoms with Crippen LogP contribution in [0.25, 0.3) is 0 Å². The van der Waals surface area contributed by atoms with Crippen LogP contribution in [0.4, 0.5) is 0 Å². The monoisotopic (exact) mass is 266 g/mol. The van der Waals surface area contributed by atoms with Crippen LogP contribution in [0, 0.1) is 17.3 Å². The molecule has 19 heavy (non-hydrogen) atoms. The Hall–Kier alpha value is -0.530. The zero-order valence-electron chi connectivity index (χ0n) is 13.1. The Morgan fingerprint density at radius 1 is 1.00 bits per heavy atom. The zero-order valence-corrected chi connectivity index (χ0v) is 13.1. The third-order valence-corrected chi connectivity index (χ3v) is 5.12. The fourth-order valence-corrected chi connectivity index (χ4v) is 3.73. The second kappa shape index (κ2) is 5.46. The van der Waals surface area contributed by atoms with Crippen LogP contribution in [0.2, 0.25) is 0 Å². The van der Waals surface area contributed by atoms with Crippen molar-refractivity contribution in [2.45, 2.75) is 84.7 Å². The van der Waals surface area contributed by atoms with Crippen LogP contribution in [0.1, 0.15) is 79.1 Å². The second-order valence-electron chi connectivity index (χ2n) is 7.99. The molecule has 2 heteroatoms. The number of hydrogen-bond donors (Lipinski definition) is 0. The summed E-state index contributed by atoms with van der Waals surface area (Å²) in [5.74, 6) is 1.10. The van der Waals surface area contributed by atoms with Gasteiger partial charge in [0.05, 0.1) is 5.92 Å². The van der Waals surface area contributed by atoms with Gasteiger partial charge in [-0.25, -0.2) is 0 Å². The normalized spacial score (nSPS) is 36.2. The lowest BCUT2D eigenvalue weighted by Crippen LogP contribution is -2.36. The molecule has 2 nitrogen and oxygen atoms in total. The van der Waals surface area contributed by atoms with Gasteiger partial charge in [0.2, 0.25) is 0 Å². The molecular formula is C17H30O2. The number of rotatable bonds is 1. The maximum Gasteiger partial charge on any atom is 0.309 e. The summed E-state index contributed by atoms with van der Waals surface area (Å²) in [6, 6.07) is 0. The van der Waals surface area contributed by atoms with Crippen LogP contribution in [-0.4, -0.2) is 11.6 Å². The van der Waals surface area contributed by atoms with E-state index in [-0.39, 0.29) is 17.5 Å². The lowest BCUT2D eigenvalue weighted by Gasteiger charge is -2.44. The number of carbonyl (C=O) groups excluding carboxylic acids is 1. The molecule has 0 aromatic carbocycles. The van der Waals surface area contributed by atoms with Gasteiger partial charge in [-0.1, -0.05) is 19.8 Å². The molecule has 2 rings (SSSR count). The van der Waals surface area contributed by atoms with Gasteiger partial charge in [-0.05, 0) is 70.6 Å². The topological polar surface area (TPSA) is 26.3 Å². The molecule has 0 bridgehead atoms. The molecule has 0 radical (unpaired) electrons. The van der Waals surface area contributed by atoms with Gasteiger partial charge >= 0.3 is 5.97 Å². The highest BCUT2D eigenvalue weighted by Crippen LogP contribution is 2.50. The Morgan fingerprint density at radius 2 is 1.47 bits per heavy atom. The van der Waals surface area contributed by atoms with E-state index >= 15 is 0 Å². The van der Waals surface area contributed by atoms with E-state index in [1.54, 1.807) is 0 Å². The van der Waals surface area contributed by atoms with Crippen molar-refractivity contribution < 1.29 is 9.53 Å². The van der Waals surface area contributed by atoms with Gasteiger partial charge in [0.15, 0.2) is 0 Å². The molecule has 110 valence electrons. The molecule has 0 heterocycles. The number of ether oxygens (including phenoxy) is 1. The summed E-state index contributed by atoms with van der Waals surface area (Å²) in [5.41, 5.74) is 0.234. The first-order valence-electron chi connectivity index (χ1n) is 8.03. The van der Waals surface area contributed by atoms with Crippen molar-refractivity contribution in [1.82, 2.24) is 0 Å². The van der Waals surface area contributed by atoms with Crippen LogP contribution in [0.5, 0.6) is 0 Å². The van der Waals surface area contributed by atoms with Crippen molar-refractivity contribution in [3.8, 4) is 0 Å². The molecule has 1 spiro atoms. The van der Waals surface area contributed by atoms with E-state index in [1.807, 2.05) is 20.8 Å². The summed E-state index contributed by atoms with van der Waals surface area (Å²) in [6.07, 6.45) is 10.1. The van der Waals surface area contributed by atoms with Crippen LogP contribution in [0.15, 0.2) is 0 Å². The van der Waals surface area contributed by atoms with Crippen molar-refractivity contribution in [3.63, 3.8) is 0 Å². The van der Waals surface area contributed by atoms with Crippen molar-refractivity contribution >= 4 is 5.97 Å². The smallest absolute Gasteiger partial charge is 0.309 e. The lowest BCUT2D eigenvalue weighted by atomic mass is 9.62. The van der Waals surface area contributed by atoms with Crippen LogP contribution in [-0.2, 0) is 9.53 Å². The highest BCUT2D eigenvalue weighted by atomic mass is 16.6. The van der Waals surface area contributed by atoms with Crippen LogP contribution in [0.3, 0.4) is 0 Å². The molecule has 0 unspecified atom stereocenters. The second-order valence-corrected chi connectivity index (χ2v) is 7.99.